The second-order valence-electron chi connectivity index (χ2n) is 3.89. The number of fused-ring (bicyclic) bond motifs is 1. The second-order valence-corrected chi connectivity index (χ2v) is 6.37. The summed E-state index contributed by atoms with van der Waals surface area (Å²) in [5.41, 5.74) is 1.40. The summed E-state index contributed by atoms with van der Waals surface area (Å²) >= 11 is 0. The van der Waals surface area contributed by atoms with Gasteiger partial charge in [-0.25, -0.2) is 13.5 Å². The summed E-state index contributed by atoms with van der Waals surface area (Å²) in [7, 11) is 3.06. The molecule has 9 heteroatoms. The molecule has 3 rings (SSSR count). The van der Waals surface area contributed by atoms with Crippen molar-refractivity contribution in [2.45, 2.75) is 5.16 Å². The van der Waals surface area contributed by atoms with E-state index in [-0.39, 0.29) is 11.0 Å². The molecule has 0 aliphatic rings. The first-order chi connectivity index (χ1) is 8.97. The van der Waals surface area contributed by atoms with Crippen LogP contribution in [0.3, 0.4) is 0 Å². The van der Waals surface area contributed by atoms with Crippen molar-refractivity contribution in [3.05, 3.63) is 24.3 Å². The third kappa shape index (κ3) is 1.98. The maximum atomic E-state index is 11.2. The van der Waals surface area contributed by atoms with Crippen molar-refractivity contribution in [3.8, 4) is 11.5 Å². The van der Waals surface area contributed by atoms with Gasteiger partial charge in [0.05, 0.1) is 5.52 Å². The number of aromatic amines is 1. The van der Waals surface area contributed by atoms with Gasteiger partial charge in [0.15, 0.2) is 0 Å². The number of aromatic nitrogens is 5. The smallest absolute Gasteiger partial charge is 0.267 e. The summed E-state index contributed by atoms with van der Waals surface area (Å²) in [6.07, 6.45) is 0. The normalized spacial score (nSPS) is 12.1. The highest BCUT2D eigenvalue weighted by molar-refractivity contribution is 8.13. The molecule has 3 aromatic rings. The number of benzene rings is 1. The van der Waals surface area contributed by atoms with E-state index in [0.717, 1.165) is 10.9 Å². The fraction of sp³-hybridized carbons (Fsp3) is 0.100. The highest BCUT2D eigenvalue weighted by Gasteiger charge is 2.20. The molecule has 2 heterocycles. The molecule has 0 amide bonds. The van der Waals surface area contributed by atoms with E-state index in [1.165, 1.54) is 0 Å². The van der Waals surface area contributed by atoms with Gasteiger partial charge in [-0.2, -0.15) is 15.2 Å². The Morgan fingerprint density at radius 3 is 2.74 bits per heavy atom. The minimum absolute atomic E-state index is 0.191. The van der Waals surface area contributed by atoms with E-state index in [1.807, 2.05) is 24.3 Å². The Kier molecular flexibility index (Phi) is 2.58. The van der Waals surface area contributed by atoms with Gasteiger partial charge in [-0.1, -0.05) is 18.2 Å². The summed E-state index contributed by atoms with van der Waals surface area (Å²) < 4.78 is 24.0. The number of H-pyrrole nitrogens is 1. The molecule has 0 atom stereocenters. The first-order valence-corrected chi connectivity index (χ1v) is 7.57. The zero-order valence-electron chi connectivity index (χ0n) is 9.70. The first-order valence-electron chi connectivity index (χ1n) is 5.26. The van der Waals surface area contributed by atoms with Gasteiger partial charge in [-0.15, -0.1) is 0 Å². The van der Waals surface area contributed by atoms with Crippen molar-refractivity contribution in [3.63, 3.8) is 0 Å². The highest BCUT2D eigenvalue weighted by Crippen LogP contribution is 2.25. The van der Waals surface area contributed by atoms with Gasteiger partial charge in [0.2, 0.25) is 5.82 Å². The molecule has 1 N–H and O–H groups in total. The maximum Gasteiger partial charge on any atom is 0.296 e. The molecule has 19 heavy (non-hydrogen) atoms. The average Bonchev–Trinajstić information content (AvgIpc) is 2.94. The Morgan fingerprint density at radius 2 is 2.05 bits per heavy atom. The molecule has 0 saturated heterocycles. The standard InChI is InChI=1S/C10H8ClN5O2S/c1-16-7-5-3-2-4-6(7)8(15-16)9-12-10(14-13-9)19(11,17)18/h2-5H,1H3,(H,12,13,14). The van der Waals surface area contributed by atoms with Crippen LogP contribution in [0.2, 0.25) is 0 Å². The van der Waals surface area contributed by atoms with Gasteiger partial charge < -0.3 is 0 Å². The topological polar surface area (TPSA) is 93.5 Å². The molecule has 0 aliphatic heterocycles. The van der Waals surface area contributed by atoms with Crippen LogP contribution in [0.25, 0.3) is 22.4 Å². The lowest BCUT2D eigenvalue weighted by Crippen LogP contribution is -1.93. The average molecular weight is 298 g/mol. The monoisotopic (exact) mass is 297 g/mol. The van der Waals surface area contributed by atoms with Crippen LogP contribution in [-0.2, 0) is 16.1 Å². The number of hydrogen-bond donors (Lipinski definition) is 1. The molecule has 2 aromatic heterocycles. The molecule has 0 unspecified atom stereocenters. The van der Waals surface area contributed by atoms with Gasteiger partial charge in [-0.3, -0.25) is 4.68 Å². The van der Waals surface area contributed by atoms with Crippen LogP contribution in [0, 0.1) is 0 Å². The highest BCUT2D eigenvalue weighted by atomic mass is 35.7. The van der Waals surface area contributed by atoms with Crippen molar-refractivity contribution in [2.24, 2.45) is 7.05 Å². The van der Waals surface area contributed by atoms with Gasteiger partial charge in [0, 0.05) is 23.1 Å². The lowest BCUT2D eigenvalue weighted by Gasteiger charge is -1.90. The van der Waals surface area contributed by atoms with E-state index in [4.69, 9.17) is 10.7 Å². The molecule has 0 bridgehead atoms. The van der Waals surface area contributed by atoms with Crippen LogP contribution in [0.1, 0.15) is 0 Å². The lowest BCUT2D eigenvalue weighted by molar-refractivity contribution is 0.602. The van der Waals surface area contributed by atoms with Crippen LogP contribution in [0.4, 0.5) is 0 Å². The molecule has 7 nitrogen and oxygen atoms in total. The zero-order valence-corrected chi connectivity index (χ0v) is 11.3. The Hall–Kier alpha value is -1.93. The Balaban J connectivity index is 2.23. The van der Waals surface area contributed by atoms with Gasteiger partial charge in [-0.05, 0) is 6.07 Å². The van der Waals surface area contributed by atoms with Crippen molar-refractivity contribution >= 4 is 30.6 Å². The predicted molar refractivity (Wildman–Crippen MR) is 69.1 cm³/mol. The molecule has 98 valence electrons. The Morgan fingerprint density at radius 1 is 1.32 bits per heavy atom. The fourth-order valence-corrected chi connectivity index (χ4v) is 2.40. The Bertz CT molecular complexity index is 867. The number of nitrogens with zero attached hydrogens (tertiary/aromatic N) is 4. The van der Waals surface area contributed by atoms with E-state index >= 15 is 0 Å². The van der Waals surface area contributed by atoms with Crippen molar-refractivity contribution in [1.29, 1.82) is 0 Å². The number of hydrogen-bond acceptors (Lipinski definition) is 5. The number of halogens is 1. The van der Waals surface area contributed by atoms with Crippen LogP contribution in [0.15, 0.2) is 29.4 Å². The van der Waals surface area contributed by atoms with Crippen LogP contribution in [0.5, 0.6) is 0 Å². The third-order valence-corrected chi connectivity index (χ3v) is 3.75. The van der Waals surface area contributed by atoms with Crippen LogP contribution in [-0.4, -0.2) is 33.4 Å². The summed E-state index contributed by atoms with van der Waals surface area (Å²) in [6, 6.07) is 7.51. The van der Waals surface area contributed by atoms with Crippen molar-refractivity contribution in [2.75, 3.05) is 0 Å². The van der Waals surface area contributed by atoms with E-state index in [0.29, 0.717) is 5.69 Å². The minimum Gasteiger partial charge on any atom is -0.267 e. The summed E-state index contributed by atoms with van der Waals surface area (Å²) in [5.74, 6) is 0.191. The van der Waals surface area contributed by atoms with Gasteiger partial charge in [0.1, 0.15) is 5.69 Å². The van der Waals surface area contributed by atoms with Crippen LogP contribution >= 0.6 is 10.7 Å². The largest absolute Gasteiger partial charge is 0.296 e. The number of rotatable bonds is 2. The molecule has 0 fully saturated rings. The molecular weight excluding hydrogens is 290 g/mol. The SMILES string of the molecule is Cn1nc(-c2n[nH]c(S(=O)(=O)Cl)n2)c2ccccc21. The molecule has 0 radical (unpaired) electrons. The predicted octanol–water partition coefficient (Wildman–Crippen LogP) is 1.29. The number of aryl methyl sites for hydroxylation is 1. The molecule has 0 saturated carbocycles. The van der Waals surface area contributed by atoms with Crippen LogP contribution < -0.4 is 0 Å². The maximum absolute atomic E-state index is 11.2. The quantitative estimate of drug-likeness (QED) is 0.719. The van der Waals surface area contributed by atoms with E-state index in [2.05, 4.69) is 20.3 Å². The summed E-state index contributed by atoms with van der Waals surface area (Å²) in [4.78, 5) is 3.85. The number of para-hydroxylation sites is 1. The van der Waals surface area contributed by atoms with E-state index in [9.17, 15) is 8.42 Å². The van der Waals surface area contributed by atoms with E-state index in [1.54, 1.807) is 11.7 Å². The molecule has 0 aliphatic carbocycles. The molecular formula is C10H8ClN5O2S. The summed E-state index contributed by atoms with van der Waals surface area (Å²) in [6.45, 7) is 0. The van der Waals surface area contributed by atoms with Crippen molar-refractivity contribution < 1.29 is 8.42 Å². The van der Waals surface area contributed by atoms with Crippen molar-refractivity contribution in [1.82, 2.24) is 25.0 Å². The number of nitrogens with one attached hydrogen (secondary N) is 1. The zero-order chi connectivity index (χ0) is 13.6. The summed E-state index contributed by atoms with van der Waals surface area (Å²) in [5, 5.41) is 10.9. The van der Waals surface area contributed by atoms with Gasteiger partial charge >= 0.3 is 0 Å². The lowest BCUT2D eigenvalue weighted by atomic mass is 10.2. The first kappa shape index (κ1) is 12.1. The van der Waals surface area contributed by atoms with E-state index < -0.39 is 9.05 Å². The van der Waals surface area contributed by atoms with Gasteiger partial charge in [0.25, 0.3) is 14.2 Å². The fourth-order valence-electron chi connectivity index (χ4n) is 1.84. The third-order valence-electron chi connectivity index (χ3n) is 2.67. The Labute approximate surface area is 112 Å². The molecule has 0 spiro atoms. The minimum atomic E-state index is -3.93. The second kappa shape index (κ2) is 4.04. The molecule has 1 aromatic carbocycles.